The minimum atomic E-state index is -0.107. The SMILES string of the molecule is NCCC(=O)N[C@H]1CC[C@H](NC(=O)c2ccc3c(c2)OCO3)CC1. The van der Waals surface area contributed by atoms with Gasteiger partial charge in [-0.25, -0.2) is 0 Å². The van der Waals surface area contributed by atoms with E-state index in [0.717, 1.165) is 25.7 Å². The summed E-state index contributed by atoms with van der Waals surface area (Å²) in [5.74, 6) is 1.17. The Kier molecular flexibility index (Phi) is 5.20. The number of ether oxygens (including phenoxy) is 2. The quantitative estimate of drug-likeness (QED) is 0.743. The van der Waals surface area contributed by atoms with Crippen molar-refractivity contribution in [2.75, 3.05) is 13.3 Å². The fourth-order valence-electron chi connectivity index (χ4n) is 3.12. The molecule has 1 saturated carbocycles. The summed E-state index contributed by atoms with van der Waals surface area (Å²) < 4.78 is 10.5. The molecular weight excluding hydrogens is 310 g/mol. The Morgan fingerprint density at radius 2 is 1.71 bits per heavy atom. The molecule has 2 aliphatic rings. The maximum absolute atomic E-state index is 12.4. The zero-order valence-electron chi connectivity index (χ0n) is 13.5. The van der Waals surface area contributed by atoms with Crippen LogP contribution in [0.2, 0.25) is 0 Å². The molecule has 0 saturated heterocycles. The van der Waals surface area contributed by atoms with Crippen LogP contribution in [-0.2, 0) is 4.79 Å². The molecule has 1 heterocycles. The number of carbonyl (C=O) groups excluding carboxylic acids is 2. The van der Waals surface area contributed by atoms with Crippen molar-refractivity contribution in [3.63, 3.8) is 0 Å². The molecule has 7 nitrogen and oxygen atoms in total. The van der Waals surface area contributed by atoms with Crippen LogP contribution in [0, 0.1) is 0 Å². The standard InChI is InChI=1S/C17H23N3O4/c18-8-7-16(21)19-12-2-4-13(5-3-12)20-17(22)11-1-6-14-15(9-11)24-10-23-14/h1,6,9,12-13H,2-5,7-8,10,18H2,(H,19,21)(H,20,22)/t12-,13-. The topological polar surface area (TPSA) is 103 Å². The molecule has 7 heteroatoms. The fraction of sp³-hybridized carbons (Fsp3) is 0.529. The van der Waals surface area contributed by atoms with E-state index in [-0.39, 0.29) is 30.7 Å². The molecule has 1 fully saturated rings. The Morgan fingerprint density at radius 3 is 2.42 bits per heavy atom. The number of rotatable bonds is 5. The van der Waals surface area contributed by atoms with E-state index in [0.29, 0.717) is 30.0 Å². The summed E-state index contributed by atoms with van der Waals surface area (Å²) in [6, 6.07) is 5.51. The third-order valence-corrected chi connectivity index (χ3v) is 4.43. The molecule has 0 bridgehead atoms. The van der Waals surface area contributed by atoms with Gasteiger partial charge in [0, 0.05) is 30.6 Å². The third kappa shape index (κ3) is 3.97. The highest BCUT2D eigenvalue weighted by Gasteiger charge is 2.24. The number of hydrogen-bond donors (Lipinski definition) is 3. The van der Waals surface area contributed by atoms with Crippen LogP contribution in [0.15, 0.2) is 18.2 Å². The first-order chi connectivity index (χ1) is 11.7. The Morgan fingerprint density at radius 1 is 1.04 bits per heavy atom. The zero-order chi connectivity index (χ0) is 16.9. The lowest BCUT2D eigenvalue weighted by atomic mass is 9.91. The molecule has 0 atom stereocenters. The minimum Gasteiger partial charge on any atom is -0.454 e. The number of carbonyl (C=O) groups is 2. The molecule has 4 N–H and O–H groups in total. The molecule has 24 heavy (non-hydrogen) atoms. The van der Waals surface area contributed by atoms with Crippen molar-refractivity contribution < 1.29 is 19.1 Å². The molecule has 1 aromatic rings. The predicted molar refractivity (Wildman–Crippen MR) is 87.9 cm³/mol. The van der Waals surface area contributed by atoms with Gasteiger partial charge >= 0.3 is 0 Å². The van der Waals surface area contributed by atoms with E-state index < -0.39 is 0 Å². The number of amides is 2. The van der Waals surface area contributed by atoms with Crippen LogP contribution >= 0.6 is 0 Å². The highest BCUT2D eigenvalue weighted by atomic mass is 16.7. The number of nitrogens with two attached hydrogens (primary N) is 1. The van der Waals surface area contributed by atoms with E-state index in [1.807, 2.05) is 0 Å². The van der Waals surface area contributed by atoms with E-state index in [9.17, 15) is 9.59 Å². The zero-order valence-corrected chi connectivity index (χ0v) is 13.5. The lowest BCUT2D eigenvalue weighted by Crippen LogP contribution is -2.44. The van der Waals surface area contributed by atoms with Gasteiger partial charge in [0.15, 0.2) is 11.5 Å². The monoisotopic (exact) mass is 333 g/mol. The first kappa shape index (κ1) is 16.6. The number of nitrogens with one attached hydrogen (secondary N) is 2. The maximum Gasteiger partial charge on any atom is 0.251 e. The van der Waals surface area contributed by atoms with Gasteiger partial charge in [0.2, 0.25) is 12.7 Å². The largest absolute Gasteiger partial charge is 0.454 e. The van der Waals surface area contributed by atoms with E-state index in [4.69, 9.17) is 15.2 Å². The maximum atomic E-state index is 12.4. The first-order valence-electron chi connectivity index (χ1n) is 8.35. The molecule has 0 radical (unpaired) electrons. The summed E-state index contributed by atoms with van der Waals surface area (Å²) in [5, 5.41) is 6.05. The average Bonchev–Trinajstić information content (AvgIpc) is 3.04. The summed E-state index contributed by atoms with van der Waals surface area (Å²) >= 11 is 0. The van der Waals surface area contributed by atoms with Crippen LogP contribution in [0.1, 0.15) is 42.5 Å². The first-order valence-corrected chi connectivity index (χ1v) is 8.35. The molecular formula is C17H23N3O4. The normalized spacial score (nSPS) is 22.0. The Bertz CT molecular complexity index is 612. The van der Waals surface area contributed by atoms with Crippen molar-refractivity contribution >= 4 is 11.8 Å². The molecule has 0 aromatic heterocycles. The molecule has 2 amide bonds. The van der Waals surface area contributed by atoms with Gasteiger partial charge in [0.05, 0.1) is 0 Å². The highest BCUT2D eigenvalue weighted by molar-refractivity contribution is 5.95. The third-order valence-electron chi connectivity index (χ3n) is 4.43. The summed E-state index contributed by atoms with van der Waals surface area (Å²) in [5.41, 5.74) is 5.94. The highest BCUT2D eigenvalue weighted by Crippen LogP contribution is 2.32. The predicted octanol–water partition coefficient (Wildman–Crippen LogP) is 0.921. The summed E-state index contributed by atoms with van der Waals surface area (Å²) in [7, 11) is 0. The molecule has 130 valence electrons. The van der Waals surface area contributed by atoms with Crippen molar-refractivity contribution in [1.82, 2.24) is 10.6 Å². The van der Waals surface area contributed by atoms with Gasteiger partial charge in [-0.3, -0.25) is 9.59 Å². The Hall–Kier alpha value is -2.28. The molecule has 0 unspecified atom stereocenters. The molecule has 0 spiro atoms. The lowest BCUT2D eigenvalue weighted by Gasteiger charge is -2.29. The van der Waals surface area contributed by atoms with Crippen LogP contribution in [0.4, 0.5) is 0 Å². The van der Waals surface area contributed by atoms with Crippen molar-refractivity contribution in [3.8, 4) is 11.5 Å². The van der Waals surface area contributed by atoms with Gasteiger partial charge in [0.25, 0.3) is 5.91 Å². The van der Waals surface area contributed by atoms with E-state index in [2.05, 4.69) is 10.6 Å². The molecule has 3 rings (SSSR count). The number of hydrogen-bond acceptors (Lipinski definition) is 5. The van der Waals surface area contributed by atoms with Gasteiger partial charge in [0.1, 0.15) is 0 Å². The van der Waals surface area contributed by atoms with Crippen molar-refractivity contribution in [2.24, 2.45) is 5.73 Å². The van der Waals surface area contributed by atoms with Crippen LogP contribution in [0.25, 0.3) is 0 Å². The van der Waals surface area contributed by atoms with Crippen LogP contribution < -0.4 is 25.8 Å². The van der Waals surface area contributed by atoms with Crippen LogP contribution in [0.5, 0.6) is 11.5 Å². The number of benzene rings is 1. The smallest absolute Gasteiger partial charge is 0.251 e. The summed E-state index contributed by atoms with van der Waals surface area (Å²) in [6.45, 7) is 0.563. The molecule has 1 aliphatic carbocycles. The van der Waals surface area contributed by atoms with Gasteiger partial charge in [-0.2, -0.15) is 0 Å². The van der Waals surface area contributed by atoms with E-state index in [1.165, 1.54) is 0 Å². The van der Waals surface area contributed by atoms with E-state index >= 15 is 0 Å². The van der Waals surface area contributed by atoms with Crippen LogP contribution in [0.3, 0.4) is 0 Å². The summed E-state index contributed by atoms with van der Waals surface area (Å²) in [6.07, 6.45) is 3.79. The van der Waals surface area contributed by atoms with Crippen molar-refractivity contribution in [2.45, 2.75) is 44.2 Å². The Labute approximate surface area is 140 Å². The van der Waals surface area contributed by atoms with Gasteiger partial charge in [-0.1, -0.05) is 0 Å². The molecule has 1 aliphatic heterocycles. The van der Waals surface area contributed by atoms with Crippen molar-refractivity contribution in [1.29, 1.82) is 0 Å². The van der Waals surface area contributed by atoms with Crippen LogP contribution in [-0.4, -0.2) is 37.2 Å². The van der Waals surface area contributed by atoms with Crippen molar-refractivity contribution in [3.05, 3.63) is 23.8 Å². The average molecular weight is 333 g/mol. The van der Waals surface area contributed by atoms with Gasteiger partial charge in [-0.15, -0.1) is 0 Å². The molecule has 1 aromatic carbocycles. The van der Waals surface area contributed by atoms with E-state index in [1.54, 1.807) is 18.2 Å². The second kappa shape index (κ2) is 7.53. The summed E-state index contributed by atoms with van der Waals surface area (Å²) in [4.78, 5) is 23.9. The van der Waals surface area contributed by atoms with Gasteiger partial charge in [-0.05, 0) is 43.9 Å². The second-order valence-corrected chi connectivity index (χ2v) is 6.20. The minimum absolute atomic E-state index is 0.00495. The Balaban J connectivity index is 1.47. The van der Waals surface area contributed by atoms with Gasteiger partial charge < -0.3 is 25.8 Å². The lowest BCUT2D eigenvalue weighted by molar-refractivity contribution is -0.121. The number of fused-ring (bicyclic) bond motifs is 1. The second-order valence-electron chi connectivity index (χ2n) is 6.20. The fourth-order valence-corrected chi connectivity index (χ4v) is 3.12.